The number of hydrogen-bond acceptors (Lipinski definition) is 1. The SMILES string of the molecule is FC(F)(F)c1cccc(C2=CCN(CCc3ccc4ccccc4c3)CC2)c1.[Cl-]. The molecular weight excluding hydrogens is 395 g/mol. The summed E-state index contributed by atoms with van der Waals surface area (Å²) in [5.74, 6) is 0. The molecule has 4 rings (SSSR count). The summed E-state index contributed by atoms with van der Waals surface area (Å²) in [6.45, 7) is 2.60. The third-order valence-electron chi connectivity index (χ3n) is 5.38. The van der Waals surface area contributed by atoms with E-state index >= 15 is 0 Å². The van der Waals surface area contributed by atoms with E-state index in [-0.39, 0.29) is 12.4 Å². The molecule has 0 saturated carbocycles. The fraction of sp³-hybridized carbons (Fsp3) is 0.250. The van der Waals surface area contributed by atoms with Crippen molar-refractivity contribution in [2.24, 2.45) is 0 Å². The van der Waals surface area contributed by atoms with E-state index < -0.39 is 11.7 Å². The number of fused-ring (bicyclic) bond motifs is 1. The molecule has 1 aliphatic rings. The van der Waals surface area contributed by atoms with Crippen LogP contribution in [0, 0.1) is 0 Å². The standard InChI is InChI=1S/C24H22F3N.ClH/c25-24(26,27)23-7-3-6-22(17-23)20-11-14-28(15-12-20)13-10-18-8-9-19-4-1-2-5-21(19)16-18;/h1-9,11,16-17H,10,12-15H2;1H/p-1. The van der Waals surface area contributed by atoms with Gasteiger partial charge >= 0.3 is 6.18 Å². The van der Waals surface area contributed by atoms with E-state index in [1.165, 1.54) is 28.5 Å². The zero-order valence-corrected chi connectivity index (χ0v) is 16.7. The molecule has 0 spiro atoms. The van der Waals surface area contributed by atoms with Gasteiger partial charge in [-0.25, -0.2) is 0 Å². The maximum absolute atomic E-state index is 12.9. The molecule has 0 N–H and O–H groups in total. The molecule has 0 unspecified atom stereocenters. The average Bonchev–Trinajstić information content (AvgIpc) is 2.72. The van der Waals surface area contributed by atoms with Crippen molar-refractivity contribution in [1.82, 2.24) is 4.90 Å². The third-order valence-corrected chi connectivity index (χ3v) is 5.38. The zero-order valence-electron chi connectivity index (χ0n) is 15.9. The van der Waals surface area contributed by atoms with Crippen molar-refractivity contribution in [2.75, 3.05) is 19.6 Å². The van der Waals surface area contributed by atoms with Crippen molar-refractivity contribution in [2.45, 2.75) is 19.0 Å². The van der Waals surface area contributed by atoms with Crippen molar-refractivity contribution < 1.29 is 25.6 Å². The fourth-order valence-corrected chi connectivity index (χ4v) is 3.75. The maximum atomic E-state index is 12.9. The Morgan fingerprint density at radius 2 is 1.66 bits per heavy atom. The molecule has 5 heteroatoms. The highest BCUT2D eigenvalue weighted by molar-refractivity contribution is 5.83. The first-order valence-corrected chi connectivity index (χ1v) is 9.56. The van der Waals surface area contributed by atoms with E-state index in [4.69, 9.17) is 0 Å². The Bertz CT molecular complexity index is 1010. The second-order valence-electron chi connectivity index (χ2n) is 7.29. The molecule has 3 aromatic carbocycles. The van der Waals surface area contributed by atoms with E-state index in [0.717, 1.165) is 44.1 Å². The first-order valence-electron chi connectivity index (χ1n) is 9.56. The Hall–Kier alpha value is -2.30. The average molecular weight is 417 g/mol. The Morgan fingerprint density at radius 1 is 0.862 bits per heavy atom. The second-order valence-corrected chi connectivity index (χ2v) is 7.29. The monoisotopic (exact) mass is 416 g/mol. The first kappa shape index (κ1) is 21.4. The summed E-state index contributed by atoms with van der Waals surface area (Å²) >= 11 is 0. The lowest BCUT2D eigenvalue weighted by atomic mass is 9.97. The summed E-state index contributed by atoms with van der Waals surface area (Å²) < 4.78 is 38.8. The highest BCUT2D eigenvalue weighted by atomic mass is 35.5. The molecule has 3 aromatic rings. The lowest BCUT2D eigenvalue weighted by Crippen LogP contribution is -3.00. The molecule has 0 atom stereocenters. The van der Waals surface area contributed by atoms with Crippen LogP contribution in [0.4, 0.5) is 13.2 Å². The van der Waals surface area contributed by atoms with Crippen LogP contribution >= 0.6 is 0 Å². The Kier molecular flexibility index (Phi) is 6.66. The van der Waals surface area contributed by atoms with E-state index in [0.29, 0.717) is 5.56 Å². The molecule has 0 bridgehead atoms. The minimum Gasteiger partial charge on any atom is -1.00 e. The Labute approximate surface area is 175 Å². The van der Waals surface area contributed by atoms with Gasteiger partial charge in [0.05, 0.1) is 5.56 Å². The molecule has 152 valence electrons. The van der Waals surface area contributed by atoms with Crippen molar-refractivity contribution >= 4 is 16.3 Å². The van der Waals surface area contributed by atoms with Gasteiger partial charge in [-0.3, -0.25) is 4.90 Å². The molecule has 0 amide bonds. The highest BCUT2D eigenvalue weighted by Crippen LogP contribution is 2.32. The van der Waals surface area contributed by atoms with Gasteiger partial charge in [0.25, 0.3) is 0 Å². The van der Waals surface area contributed by atoms with Gasteiger partial charge < -0.3 is 12.4 Å². The molecule has 29 heavy (non-hydrogen) atoms. The predicted octanol–water partition coefficient (Wildman–Crippen LogP) is 3.19. The summed E-state index contributed by atoms with van der Waals surface area (Å²) in [6.07, 6.45) is -0.479. The van der Waals surface area contributed by atoms with Gasteiger partial charge in [0.15, 0.2) is 0 Å². The van der Waals surface area contributed by atoms with Gasteiger partial charge in [0, 0.05) is 19.6 Å². The quantitative estimate of drug-likeness (QED) is 0.631. The summed E-state index contributed by atoms with van der Waals surface area (Å²) in [6, 6.07) is 20.6. The first-order chi connectivity index (χ1) is 13.5. The highest BCUT2D eigenvalue weighted by Gasteiger charge is 2.30. The van der Waals surface area contributed by atoms with Crippen LogP contribution in [0.15, 0.2) is 72.8 Å². The number of benzene rings is 3. The molecule has 1 heterocycles. The van der Waals surface area contributed by atoms with Gasteiger partial charge in [-0.2, -0.15) is 13.2 Å². The zero-order chi connectivity index (χ0) is 19.6. The number of alkyl halides is 3. The van der Waals surface area contributed by atoms with Crippen molar-refractivity contribution in [3.63, 3.8) is 0 Å². The van der Waals surface area contributed by atoms with Crippen molar-refractivity contribution in [3.05, 3.63) is 89.5 Å². The second kappa shape index (κ2) is 9.02. The van der Waals surface area contributed by atoms with Crippen LogP contribution in [0.1, 0.15) is 23.1 Å². The van der Waals surface area contributed by atoms with Gasteiger partial charge in [0.2, 0.25) is 0 Å². The van der Waals surface area contributed by atoms with Gasteiger partial charge in [-0.15, -0.1) is 0 Å². The Morgan fingerprint density at radius 3 is 2.38 bits per heavy atom. The van der Waals surface area contributed by atoms with Crippen LogP contribution in [0.2, 0.25) is 0 Å². The van der Waals surface area contributed by atoms with Gasteiger partial charge in [-0.1, -0.05) is 60.7 Å². The van der Waals surface area contributed by atoms with Crippen molar-refractivity contribution in [1.29, 1.82) is 0 Å². The van der Waals surface area contributed by atoms with E-state index in [2.05, 4.69) is 47.4 Å². The molecule has 0 saturated heterocycles. The van der Waals surface area contributed by atoms with Crippen LogP contribution < -0.4 is 12.4 Å². The topological polar surface area (TPSA) is 3.24 Å². The lowest BCUT2D eigenvalue weighted by molar-refractivity contribution is -0.137. The summed E-state index contributed by atoms with van der Waals surface area (Å²) in [4.78, 5) is 2.35. The molecule has 1 aliphatic heterocycles. The maximum Gasteiger partial charge on any atom is 0.416 e. The smallest absolute Gasteiger partial charge is 0.416 e. The van der Waals surface area contributed by atoms with Crippen LogP contribution in [0.3, 0.4) is 0 Å². The van der Waals surface area contributed by atoms with Crippen LogP contribution in [0.25, 0.3) is 16.3 Å². The van der Waals surface area contributed by atoms with E-state index in [1.54, 1.807) is 6.07 Å². The number of rotatable bonds is 4. The van der Waals surface area contributed by atoms with Gasteiger partial charge in [0.1, 0.15) is 0 Å². The summed E-state index contributed by atoms with van der Waals surface area (Å²) in [5.41, 5.74) is 2.42. The Balaban J connectivity index is 0.00000240. The molecule has 0 aromatic heterocycles. The molecule has 0 radical (unpaired) electrons. The summed E-state index contributed by atoms with van der Waals surface area (Å²) in [5, 5.41) is 2.50. The number of halogens is 4. The van der Waals surface area contributed by atoms with Gasteiger partial charge in [-0.05, 0) is 52.4 Å². The lowest BCUT2D eigenvalue weighted by Gasteiger charge is -2.26. The fourth-order valence-electron chi connectivity index (χ4n) is 3.75. The minimum absolute atomic E-state index is 0. The molecule has 0 fully saturated rings. The third kappa shape index (κ3) is 5.20. The van der Waals surface area contributed by atoms with Crippen LogP contribution in [0.5, 0.6) is 0 Å². The molecule has 0 aliphatic carbocycles. The normalized spacial score (nSPS) is 15.1. The largest absolute Gasteiger partial charge is 1.00 e. The minimum atomic E-state index is -4.29. The van der Waals surface area contributed by atoms with E-state index in [9.17, 15) is 13.2 Å². The van der Waals surface area contributed by atoms with E-state index in [1.807, 2.05) is 6.07 Å². The van der Waals surface area contributed by atoms with Crippen LogP contribution in [-0.2, 0) is 12.6 Å². The predicted molar refractivity (Wildman–Crippen MR) is 108 cm³/mol. The van der Waals surface area contributed by atoms with Crippen LogP contribution in [-0.4, -0.2) is 24.5 Å². The number of hydrogen-bond donors (Lipinski definition) is 0. The molecular formula is C24H22ClF3N-. The molecule has 1 nitrogen and oxygen atoms in total. The van der Waals surface area contributed by atoms with Crippen molar-refractivity contribution in [3.8, 4) is 0 Å². The number of nitrogens with zero attached hydrogens (tertiary/aromatic N) is 1. The summed E-state index contributed by atoms with van der Waals surface area (Å²) in [7, 11) is 0.